The summed E-state index contributed by atoms with van der Waals surface area (Å²) in [5.41, 5.74) is 5.89. The molecule has 1 aromatic rings. The van der Waals surface area contributed by atoms with E-state index in [9.17, 15) is 0 Å². The Bertz CT molecular complexity index is 360. The van der Waals surface area contributed by atoms with Crippen molar-refractivity contribution in [1.82, 2.24) is 4.84 Å². The minimum absolute atomic E-state index is 0.359. The van der Waals surface area contributed by atoms with Crippen molar-refractivity contribution in [3.63, 3.8) is 0 Å². The van der Waals surface area contributed by atoms with Crippen molar-refractivity contribution in [2.75, 3.05) is 0 Å². The second kappa shape index (κ2) is 4.54. The molecule has 0 amide bonds. The van der Waals surface area contributed by atoms with Gasteiger partial charge in [0.15, 0.2) is 0 Å². The maximum Gasteiger partial charge on any atom is 0.0476 e. The third kappa shape index (κ3) is 1.91. The Morgan fingerprint density at radius 1 is 1.27 bits per heavy atom. The van der Waals surface area contributed by atoms with Crippen molar-refractivity contribution in [2.45, 2.75) is 45.6 Å². The zero-order chi connectivity index (χ0) is 10.8. The summed E-state index contributed by atoms with van der Waals surface area (Å²) >= 11 is 5.75. The second-order valence-corrected chi connectivity index (χ2v) is 4.45. The van der Waals surface area contributed by atoms with Crippen LogP contribution in [0.2, 0.25) is 0 Å². The molecule has 82 valence electrons. The van der Waals surface area contributed by atoms with Crippen LogP contribution in [0.15, 0.2) is 12.1 Å². The van der Waals surface area contributed by atoms with Crippen molar-refractivity contribution in [2.24, 2.45) is 0 Å². The first-order valence-corrected chi connectivity index (χ1v) is 6.18. The SMILES string of the molecule is CCc1cc2c(cc1CC)C(NCl)CC2. The molecule has 0 saturated carbocycles. The van der Waals surface area contributed by atoms with Gasteiger partial charge in [0.25, 0.3) is 0 Å². The van der Waals surface area contributed by atoms with Crippen LogP contribution >= 0.6 is 11.8 Å². The minimum atomic E-state index is 0.359. The highest BCUT2D eigenvalue weighted by molar-refractivity contribution is 6.13. The predicted molar refractivity (Wildman–Crippen MR) is 65.2 cm³/mol. The zero-order valence-electron chi connectivity index (χ0n) is 9.44. The normalized spacial score (nSPS) is 19.3. The molecule has 0 bridgehead atoms. The second-order valence-electron chi connectivity index (χ2n) is 4.23. The first-order valence-electron chi connectivity index (χ1n) is 5.80. The van der Waals surface area contributed by atoms with E-state index in [2.05, 4.69) is 30.8 Å². The fraction of sp³-hybridized carbons (Fsp3) is 0.538. The molecule has 2 rings (SSSR count). The Balaban J connectivity index is 2.44. The lowest BCUT2D eigenvalue weighted by Gasteiger charge is -2.13. The third-order valence-corrected chi connectivity index (χ3v) is 3.70. The molecule has 0 heterocycles. The predicted octanol–water partition coefficient (Wildman–Crippen LogP) is 3.54. The maximum absolute atomic E-state index is 5.75. The molecule has 15 heavy (non-hydrogen) atoms. The Labute approximate surface area is 96.9 Å². The van der Waals surface area contributed by atoms with Gasteiger partial charge in [0, 0.05) is 6.04 Å². The fourth-order valence-electron chi connectivity index (χ4n) is 2.53. The Morgan fingerprint density at radius 2 is 1.93 bits per heavy atom. The highest BCUT2D eigenvalue weighted by atomic mass is 35.5. The standard InChI is InChI=1S/C13H18ClN/c1-3-9-7-11-5-6-13(15-14)12(11)8-10(9)4-2/h7-8,13,15H,3-6H2,1-2H3. The summed E-state index contributed by atoms with van der Waals surface area (Å²) in [7, 11) is 0. The van der Waals surface area contributed by atoms with Crippen LogP contribution in [0.4, 0.5) is 0 Å². The zero-order valence-corrected chi connectivity index (χ0v) is 10.2. The Morgan fingerprint density at radius 3 is 2.53 bits per heavy atom. The van der Waals surface area contributed by atoms with Gasteiger partial charge in [-0.25, -0.2) is 4.84 Å². The Kier molecular flexibility index (Phi) is 3.32. The van der Waals surface area contributed by atoms with Crippen molar-refractivity contribution in [3.05, 3.63) is 34.4 Å². The first-order chi connectivity index (χ1) is 7.30. The highest BCUT2D eigenvalue weighted by Gasteiger charge is 2.22. The van der Waals surface area contributed by atoms with Crippen LogP contribution in [0, 0.1) is 0 Å². The van der Waals surface area contributed by atoms with E-state index in [0.29, 0.717) is 6.04 Å². The van der Waals surface area contributed by atoms with Gasteiger partial charge in [-0.1, -0.05) is 26.0 Å². The van der Waals surface area contributed by atoms with Gasteiger partial charge >= 0.3 is 0 Å². The average Bonchev–Trinajstić information content (AvgIpc) is 2.68. The van der Waals surface area contributed by atoms with E-state index in [0.717, 1.165) is 25.7 Å². The summed E-state index contributed by atoms with van der Waals surface area (Å²) in [4.78, 5) is 2.88. The van der Waals surface area contributed by atoms with Crippen LogP contribution in [0.3, 0.4) is 0 Å². The number of aryl methyl sites for hydroxylation is 3. The largest absolute Gasteiger partial charge is 0.226 e. The third-order valence-electron chi connectivity index (χ3n) is 3.43. The summed E-state index contributed by atoms with van der Waals surface area (Å²) in [5.74, 6) is 0. The van der Waals surface area contributed by atoms with Crippen molar-refractivity contribution in [1.29, 1.82) is 0 Å². The lowest BCUT2D eigenvalue weighted by Crippen LogP contribution is -2.07. The van der Waals surface area contributed by atoms with Crippen LogP contribution in [0.1, 0.15) is 48.6 Å². The molecular weight excluding hydrogens is 206 g/mol. The van der Waals surface area contributed by atoms with Gasteiger partial charge in [-0.15, -0.1) is 0 Å². The van der Waals surface area contributed by atoms with E-state index in [1.165, 1.54) is 22.3 Å². The summed E-state index contributed by atoms with van der Waals surface area (Å²) in [5, 5.41) is 0. The van der Waals surface area contributed by atoms with E-state index in [1.807, 2.05) is 0 Å². The minimum Gasteiger partial charge on any atom is -0.226 e. The van der Waals surface area contributed by atoms with E-state index in [-0.39, 0.29) is 0 Å². The number of rotatable bonds is 3. The lowest BCUT2D eigenvalue weighted by atomic mass is 9.96. The average molecular weight is 224 g/mol. The molecule has 0 fully saturated rings. The van der Waals surface area contributed by atoms with Gasteiger partial charge in [0.05, 0.1) is 0 Å². The number of halogens is 1. The van der Waals surface area contributed by atoms with Gasteiger partial charge in [-0.2, -0.15) is 0 Å². The fourth-order valence-corrected chi connectivity index (χ4v) is 2.75. The van der Waals surface area contributed by atoms with Gasteiger partial charge in [0.2, 0.25) is 0 Å². The van der Waals surface area contributed by atoms with Crippen LogP contribution in [-0.4, -0.2) is 0 Å². The topological polar surface area (TPSA) is 12.0 Å². The number of benzene rings is 1. The highest BCUT2D eigenvalue weighted by Crippen LogP contribution is 2.33. The smallest absolute Gasteiger partial charge is 0.0476 e. The summed E-state index contributed by atoms with van der Waals surface area (Å²) in [6, 6.07) is 5.08. The van der Waals surface area contributed by atoms with Crippen LogP contribution in [-0.2, 0) is 19.3 Å². The molecule has 1 unspecified atom stereocenters. The lowest BCUT2D eigenvalue weighted by molar-refractivity contribution is 0.659. The first kappa shape index (κ1) is 11.0. The molecule has 0 aliphatic heterocycles. The van der Waals surface area contributed by atoms with Gasteiger partial charge in [-0.05, 0) is 59.7 Å². The van der Waals surface area contributed by atoms with Crippen LogP contribution in [0.25, 0.3) is 0 Å². The van der Waals surface area contributed by atoms with Gasteiger partial charge in [0.1, 0.15) is 0 Å². The van der Waals surface area contributed by atoms with Crippen LogP contribution < -0.4 is 4.84 Å². The van der Waals surface area contributed by atoms with E-state index >= 15 is 0 Å². The van der Waals surface area contributed by atoms with E-state index in [1.54, 1.807) is 0 Å². The molecule has 2 heteroatoms. The quantitative estimate of drug-likeness (QED) is 0.773. The molecular formula is C13H18ClN. The number of hydrogen-bond acceptors (Lipinski definition) is 1. The van der Waals surface area contributed by atoms with Crippen molar-refractivity contribution >= 4 is 11.8 Å². The molecule has 0 aromatic heterocycles. The molecule has 1 atom stereocenters. The van der Waals surface area contributed by atoms with Crippen LogP contribution in [0.5, 0.6) is 0 Å². The molecule has 1 aliphatic carbocycles. The molecule has 0 radical (unpaired) electrons. The molecule has 1 aliphatic rings. The molecule has 0 saturated heterocycles. The number of nitrogens with one attached hydrogen (secondary N) is 1. The van der Waals surface area contributed by atoms with Crippen molar-refractivity contribution in [3.8, 4) is 0 Å². The molecule has 1 nitrogen and oxygen atoms in total. The van der Waals surface area contributed by atoms with Gasteiger partial charge in [-0.3, -0.25) is 0 Å². The maximum atomic E-state index is 5.75. The monoisotopic (exact) mass is 223 g/mol. The molecule has 1 aromatic carbocycles. The molecule has 0 spiro atoms. The van der Waals surface area contributed by atoms with E-state index < -0.39 is 0 Å². The van der Waals surface area contributed by atoms with Crippen molar-refractivity contribution < 1.29 is 0 Å². The number of fused-ring (bicyclic) bond motifs is 1. The summed E-state index contributed by atoms with van der Waals surface area (Å²) in [6.45, 7) is 4.45. The van der Waals surface area contributed by atoms with Gasteiger partial charge < -0.3 is 0 Å². The summed E-state index contributed by atoms with van der Waals surface area (Å²) < 4.78 is 0. The van der Waals surface area contributed by atoms with E-state index in [4.69, 9.17) is 11.8 Å². The number of hydrogen-bond donors (Lipinski definition) is 1. The summed E-state index contributed by atoms with van der Waals surface area (Å²) in [6.07, 6.45) is 4.55. The Hall–Kier alpha value is -0.530. The molecule has 1 N–H and O–H groups in total.